The second kappa shape index (κ2) is 8.73. The summed E-state index contributed by atoms with van der Waals surface area (Å²) in [7, 11) is 3.27. The molecule has 0 saturated carbocycles. The minimum atomic E-state index is 0.616. The molecule has 0 atom stereocenters. The monoisotopic (exact) mass is 383 g/mol. The van der Waals surface area contributed by atoms with Gasteiger partial charge in [0, 0.05) is 23.3 Å². The molecule has 0 aliphatic heterocycles. The van der Waals surface area contributed by atoms with Crippen molar-refractivity contribution in [3.8, 4) is 22.6 Å². The van der Waals surface area contributed by atoms with Gasteiger partial charge in [0.25, 0.3) is 0 Å². The molecular weight excluding hydrogens is 362 g/mol. The molecule has 3 rings (SSSR count). The average molecular weight is 384 g/mol. The lowest BCUT2D eigenvalue weighted by Gasteiger charge is -2.11. The minimum absolute atomic E-state index is 0.616. The van der Waals surface area contributed by atoms with Crippen LogP contribution in [0.5, 0.6) is 11.5 Å². The number of nitrogens with zero attached hydrogens (tertiary/aromatic N) is 2. The Labute approximate surface area is 164 Å². The summed E-state index contributed by atoms with van der Waals surface area (Å²) in [5.41, 5.74) is 4.11. The van der Waals surface area contributed by atoms with Gasteiger partial charge in [-0.3, -0.25) is 0 Å². The molecule has 0 aliphatic rings. The van der Waals surface area contributed by atoms with Gasteiger partial charge in [-0.1, -0.05) is 29.8 Å². The predicted octanol–water partition coefficient (Wildman–Crippen LogP) is 4.78. The van der Waals surface area contributed by atoms with Crippen molar-refractivity contribution in [2.45, 2.75) is 13.3 Å². The summed E-state index contributed by atoms with van der Waals surface area (Å²) in [5.74, 6) is 2.08. The third-order valence-corrected chi connectivity index (χ3v) is 4.53. The summed E-state index contributed by atoms with van der Waals surface area (Å²) in [4.78, 5) is 9.00. The molecule has 1 N–H and O–H groups in total. The Hall–Kier alpha value is -2.79. The summed E-state index contributed by atoms with van der Waals surface area (Å²) in [5, 5.41) is 3.99. The summed E-state index contributed by atoms with van der Waals surface area (Å²) in [6.45, 7) is 2.69. The molecule has 0 amide bonds. The van der Waals surface area contributed by atoms with Gasteiger partial charge in [-0.2, -0.15) is 0 Å². The van der Waals surface area contributed by atoms with Crippen LogP contribution in [0.1, 0.15) is 11.3 Å². The zero-order valence-electron chi connectivity index (χ0n) is 15.6. The lowest BCUT2D eigenvalue weighted by atomic mass is 10.1. The first-order chi connectivity index (χ1) is 13.1. The molecule has 140 valence electrons. The Kier molecular flexibility index (Phi) is 6.14. The molecule has 5 nitrogen and oxygen atoms in total. The van der Waals surface area contributed by atoms with E-state index in [1.807, 2.05) is 55.6 Å². The lowest BCUT2D eigenvalue weighted by molar-refractivity contribution is 0.354. The second-order valence-corrected chi connectivity index (χ2v) is 6.50. The van der Waals surface area contributed by atoms with Crippen LogP contribution in [0.25, 0.3) is 11.1 Å². The van der Waals surface area contributed by atoms with Crippen LogP contribution in [0.2, 0.25) is 5.02 Å². The maximum absolute atomic E-state index is 5.95. The number of rotatable bonds is 7. The van der Waals surface area contributed by atoms with E-state index in [0.29, 0.717) is 11.0 Å². The third-order valence-electron chi connectivity index (χ3n) is 4.28. The van der Waals surface area contributed by atoms with E-state index in [2.05, 4.69) is 15.3 Å². The highest BCUT2D eigenvalue weighted by Crippen LogP contribution is 2.28. The van der Waals surface area contributed by atoms with Crippen LogP contribution in [0, 0.1) is 6.92 Å². The molecule has 0 fully saturated rings. The number of hydrogen-bond donors (Lipinski definition) is 1. The van der Waals surface area contributed by atoms with Crippen molar-refractivity contribution in [2.24, 2.45) is 0 Å². The van der Waals surface area contributed by atoms with E-state index in [-0.39, 0.29) is 0 Å². The molecule has 0 spiro atoms. The van der Waals surface area contributed by atoms with Crippen molar-refractivity contribution in [3.05, 3.63) is 64.9 Å². The standard InChI is InChI=1S/C21H22ClN3O2/c1-14-18(16-5-7-17(22)8-6-16)13-24-21(25-14)23-11-10-15-4-9-19(26-2)20(12-15)27-3/h4-9,12-13H,10-11H2,1-3H3,(H,23,24,25). The molecule has 0 bridgehead atoms. The van der Waals surface area contributed by atoms with Crippen molar-refractivity contribution in [1.29, 1.82) is 0 Å². The quantitative estimate of drug-likeness (QED) is 0.636. The van der Waals surface area contributed by atoms with Crippen molar-refractivity contribution in [3.63, 3.8) is 0 Å². The molecule has 0 radical (unpaired) electrons. The summed E-state index contributed by atoms with van der Waals surface area (Å²) in [6.07, 6.45) is 2.66. The Bertz CT molecular complexity index is 914. The zero-order chi connectivity index (χ0) is 19.2. The Morgan fingerprint density at radius 3 is 2.41 bits per heavy atom. The van der Waals surface area contributed by atoms with E-state index in [1.165, 1.54) is 0 Å². The first-order valence-corrected chi connectivity index (χ1v) is 9.03. The lowest BCUT2D eigenvalue weighted by Crippen LogP contribution is -2.09. The number of hydrogen-bond acceptors (Lipinski definition) is 5. The summed E-state index contributed by atoms with van der Waals surface area (Å²) in [6, 6.07) is 13.6. The van der Waals surface area contributed by atoms with Gasteiger partial charge in [0.1, 0.15) is 0 Å². The highest BCUT2D eigenvalue weighted by Gasteiger charge is 2.07. The van der Waals surface area contributed by atoms with Crippen LogP contribution in [0.3, 0.4) is 0 Å². The summed E-state index contributed by atoms with van der Waals surface area (Å²) >= 11 is 5.95. The summed E-state index contributed by atoms with van der Waals surface area (Å²) < 4.78 is 10.6. The Morgan fingerprint density at radius 2 is 1.74 bits per heavy atom. The SMILES string of the molecule is COc1ccc(CCNc2ncc(-c3ccc(Cl)cc3)c(C)n2)cc1OC. The van der Waals surface area contributed by atoms with Crippen LogP contribution >= 0.6 is 11.6 Å². The van der Waals surface area contributed by atoms with E-state index in [1.54, 1.807) is 14.2 Å². The fraction of sp³-hybridized carbons (Fsp3) is 0.238. The van der Waals surface area contributed by atoms with Gasteiger partial charge in [-0.15, -0.1) is 0 Å². The van der Waals surface area contributed by atoms with E-state index in [4.69, 9.17) is 21.1 Å². The van der Waals surface area contributed by atoms with E-state index >= 15 is 0 Å². The molecular formula is C21H22ClN3O2. The molecule has 0 aliphatic carbocycles. The molecule has 6 heteroatoms. The van der Waals surface area contributed by atoms with Crippen molar-refractivity contribution in [2.75, 3.05) is 26.1 Å². The largest absolute Gasteiger partial charge is 0.493 e. The molecule has 0 unspecified atom stereocenters. The number of methoxy groups -OCH3 is 2. The van der Waals surface area contributed by atoms with Crippen LogP contribution in [-0.2, 0) is 6.42 Å². The predicted molar refractivity (Wildman–Crippen MR) is 109 cm³/mol. The van der Waals surface area contributed by atoms with Gasteiger partial charge >= 0.3 is 0 Å². The third kappa shape index (κ3) is 4.68. The van der Waals surface area contributed by atoms with Crippen molar-refractivity contribution in [1.82, 2.24) is 9.97 Å². The van der Waals surface area contributed by atoms with E-state index in [0.717, 1.165) is 46.8 Å². The first-order valence-electron chi connectivity index (χ1n) is 8.65. The smallest absolute Gasteiger partial charge is 0.222 e. The molecule has 27 heavy (non-hydrogen) atoms. The number of aryl methyl sites for hydroxylation is 1. The van der Waals surface area contributed by atoms with Crippen LogP contribution < -0.4 is 14.8 Å². The number of halogens is 1. The van der Waals surface area contributed by atoms with E-state index in [9.17, 15) is 0 Å². The van der Waals surface area contributed by atoms with Crippen LogP contribution in [-0.4, -0.2) is 30.7 Å². The van der Waals surface area contributed by atoms with Crippen LogP contribution in [0.15, 0.2) is 48.7 Å². The molecule has 2 aromatic carbocycles. The van der Waals surface area contributed by atoms with Gasteiger partial charge < -0.3 is 14.8 Å². The maximum atomic E-state index is 5.95. The van der Waals surface area contributed by atoms with Gasteiger partial charge in [-0.25, -0.2) is 9.97 Å². The minimum Gasteiger partial charge on any atom is -0.493 e. The van der Waals surface area contributed by atoms with Gasteiger partial charge in [0.15, 0.2) is 11.5 Å². The molecule has 3 aromatic rings. The van der Waals surface area contributed by atoms with Crippen molar-refractivity contribution >= 4 is 17.5 Å². The molecule has 1 aromatic heterocycles. The van der Waals surface area contributed by atoms with Gasteiger partial charge in [-0.05, 0) is 48.7 Å². The highest BCUT2D eigenvalue weighted by molar-refractivity contribution is 6.30. The van der Waals surface area contributed by atoms with E-state index < -0.39 is 0 Å². The Balaban J connectivity index is 1.63. The number of ether oxygens (including phenoxy) is 2. The normalized spacial score (nSPS) is 10.5. The maximum Gasteiger partial charge on any atom is 0.222 e. The van der Waals surface area contributed by atoms with Gasteiger partial charge in [0.2, 0.25) is 5.95 Å². The van der Waals surface area contributed by atoms with Gasteiger partial charge in [0.05, 0.1) is 19.9 Å². The number of aromatic nitrogens is 2. The van der Waals surface area contributed by atoms with Crippen molar-refractivity contribution < 1.29 is 9.47 Å². The number of anilines is 1. The second-order valence-electron chi connectivity index (χ2n) is 6.07. The Morgan fingerprint density at radius 1 is 1.00 bits per heavy atom. The number of nitrogens with one attached hydrogen (secondary N) is 1. The number of benzene rings is 2. The fourth-order valence-corrected chi connectivity index (χ4v) is 2.95. The molecule has 0 saturated heterocycles. The highest BCUT2D eigenvalue weighted by atomic mass is 35.5. The fourth-order valence-electron chi connectivity index (χ4n) is 2.82. The van der Waals surface area contributed by atoms with Crippen LogP contribution in [0.4, 0.5) is 5.95 Å². The zero-order valence-corrected chi connectivity index (χ0v) is 16.4. The first kappa shape index (κ1) is 19.0. The topological polar surface area (TPSA) is 56.3 Å². The molecule has 1 heterocycles. The average Bonchev–Trinajstić information content (AvgIpc) is 2.69.